The maximum absolute atomic E-state index is 12.7. The van der Waals surface area contributed by atoms with Gasteiger partial charge in [0.15, 0.2) is 0 Å². The molecular formula is C15H26N2O. The molecule has 3 heteroatoms. The average molecular weight is 250 g/mol. The first-order valence-electron chi connectivity index (χ1n) is 7.65. The van der Waals surface area contributed by atoms with Gasteiger partial charge in [-0.2, -0.15) is 0 Å². The molecule has 2 unspecified atom stereocenters. The van der Waals surface area contributed by atoms with Crippen molar-refractivity contribution in [2.75, 3.05) is 19.6 Å². The molecule has 1 aliphatic carbocycles. The van der Waals surface area contributed by atoms with Gasteiger partial charge in [0, 0.05) is 18.5 Å². The Morgan fingerprint density at radius 3 is 2.72 bits per heavy atom. The molecule has 3 fully saturated rings. The number of amides is 1. The van der Waals surface area contributed by atoms with Crippen molar-refractivity contribution < 1.29 is 4.79 Å². The minimum absolute atomic E-state index is 0.360. The fraction of sp³-hybridized carbons (Fsp3) is 0.933. The van der Waals surface area contributed by atoms with Crippen LogP contribution in [-0.2, 0) is 4.79 Å². The van der Waals surface area contributed by atoms with Gasteiger partial charge in [0.05, 0.1) is 0 Å². The van der Waals surface area contributed by atoms with E-state index in [2.05, 4.69) is 24.1 Å². The Balaban J connectivity index is 1.65. The highest BCUT2D eigenvalue weighted by atomic mass is 16.2. The molecule has 2 atom stereocenters. The van der Waals surface area contributed by atoms with Crippen LogP contribution in [0, 0.1) is 17.3 Å². The topological polar surface area (TPSA) is 32.3 Å². The van der Waals surface area contributed by atoms with Crippen LogP contribution < -0.4 is 5.32 Å². The predicted molar refractivity (Wildman–Crippen MR) is 72.2 cm³/mol. The van der Waals surface area contributed by atoms with Gasteiger partial charge in [-0.1, -0.05) is 13.8 Å². The van der Waals surface area contributed by atoms with Crippen molar-refractivity contribution in [3.8, 4) is 0 Å². The Morgan fingerprint density at radius 1 is 1.33 bits per heavy atom. The normalized spacial score (nSPS) is 34.3. The molecule has 0 bridgehead atoms. The zero-order chi connectivity index (χ0) is 12.8. The van der Waals surface area contributed by atoms with E-state index in [1.54, 1.807) is 0 Å². The second-order valence-corrected chi connectivity index (χ2v) is 6.85. The first-order valence-corrected chi connectivity index (χ1v) is 7.65. The van der Waals surface area contributed by atoms with E-state index in [9.17, 15) is 4.79 Å². The van der Waals surface area contributed by atoms with Gasteiger partial charge < -0.3 is 10.2 Å². The summed E-state index contributed by atoms with van der Waals surface area (Å²) in [6.07, 6.45) is 6.00. The molecule has 0 radical (unpaired) electrons. The summed E-state index contributed by atoms with van der Waals surface area (Å²) in [6, 6.07) is 0.511. The molecule has 102 valence electrons. The molecule has 1 spiro atoms. The molecule has 3 rings (SSSR count). The smallest absolute Gasteiger partial charge is 0.226 e. The van der Waals surface area contributed by atoms with Crippen LogP contribution in [0.4, 0.5) is 0 Å². The van der Waals surface area contributed by atoms with Crippen LogP contribution >= 0.6 is 0 Å². The van der Waals surface area contributed by atoms with E-state index in [4.69, 9.17) is 0 Å². The highest BCUT2D eigenvalue weighted by Crippen LogP contribution is 2.59. The van der Waals surface area contributed by atoms with Gasteiger partial charge in [-0.3, -0.25) is 4.79 Å². The fourth-order valence-electron chi connectivity index (χ4n) is 4.13. The van der Waals surface area contributed by atoms with Gasteiger partial charge in [-0.05, 0) is 56.5 Å². The number of carbonyl (C=O) groups excluding carboxylic acids is 1. The van der Waals surface area contributed by atoms with Crippen LogP contribution in [0.1, 0.15) is 46.0 Å². The summed E-state index contributed by atoms with van der Waals surface area (Å²) in [5.74, 6) is 1.45. The molecule has 1 N–H and O–H groups in total. The van der Waals surface area contributed by atoms with E-state index in [0.29, 0.717) is 29.2 Å². The molecule has 0 aromatic rings. The Bertz CT molecular complexity index is 333. The second-order valence-electron chi connectivity index (χ2n) is 6.85. The first kappa shape index (κ1) is 12.5. The SMILES string of the molecule is CC(C)C1CCCN1C(=O)C1CC12CCNCC2. The van der Waals surface area contributed by atoms with E-state index in [1.807, 2.05) is 0 Å². The number of likely N-dealkylation sites (tertiary alicyclic amines) is 1. The quantitative estimate of drug-likeness (QED) is 0.813. The molecule has 2 saturated heterocycles. The van der Waals surface area contributed by atoms with E-state index in [-0.39, 0.29) is 0 Å². The number of carbonyl (C=O) groups is 1. The third-order valence-electron chi connectivity index (χ3n) is 5.44. The zero-order valence-electron chi connectivity index (χ0n) is 11.7. The van der Waals surface area contributed by atoms with Gasteiger partial charge in [0.2, 0.25) is 5.91 Å². The van der Waals surface area contributed by atoms with Gasteiger partial charge in [0.1, 0.15) is 0 Å². The van der Waals surface area contributed by atoms with Crippen LogP contribution in [0.25, 0.3) is 0 Å². The van der Waals surface area contributed by atoms with Gasteiger partial charge in [-0.15, -0.1) is 0 Å². The number of hydrogen-bond acceptors (Lipinski definition) is 2. The van der Waals surface area contributed by atoms with Crippen LogP contribution in [0.3, 0.4) is 0 Å². The Morgan fingerprint density at radius 2 is 2.06 bits per heavy atom. The fourth-order valence-corrected chi connectivity index (χ4v) is 4.13. The van der Waals surface area contributed by atoms with Gasteiger partial charge >= 0.3 is 0 Å². The number of hydrogen-bond donors (Lipinski definition) is 1. The summed E-state index contributed by atoms with van der Waals surface area (Å²) in [5.41, 5.74) is 0.395. The number of piperidine rings is 1. The lowest BCUT2D eigenvalue weighted by molar-refractivity contribution is -0.135. The van der Waals surface area contributed by atoms with Crippen molar-refractivity contribution in [2.24, 2.45) is 17.3 Å². The van der Waals surface area contributed by atoms with Crippen molar-refractivity contribution in [2.45, 2.75) is 52.0 Å². The van der Waals surface area contributed by atoms with Crippen LogP contribution in [0.2, 0.25) is 0 Å². The molecule has 18 heavy (non-hydrogen) atoms. The standard InChI is InChI=1S/C15H26N2O/c1-11(2)13-4-3-9-17(13)14(18)12-10-15(12)5-7-16-8-6-15/h11-13,16H,3-10H2,1-2H3. The molecule has 0 aromatic carbocycles. The van der Waals surface area contributed by atoms with Gasteiger partial charge in [-0.25, -0.2) is 0 Å². The Labute approximate surface area is 110 Å². The maximum atomic E-state index is 12.7. The Hall–Kier alpha value is -0.570. The lowest BCUT2D eigenvalue weighted by Crippen LogP contribution is -2.41. The van der Waals surface area contributed by atoms with Crippen LogP contribution in [0.15, 0.2) is 0 Å². The number of rotatable bonds is 2. The van der Waals surface area contributed by atoms with E-state index in [0.717, 1.165) is 26.1 Å². The van der Waals surface area contributed by atoms with Crippen LogP contribution in [-0.4, -0.2) is 36.5 Å². The van der Waals surface area contributed by atoms with Crippen molar-refractivity contribution in [3.05, 3.63) is 0 Å². The van der Waals surface area contributed by atoms with Crippen molar-refractivity contribution in [1.82, 2.24) is 10.2 Å². The summed E-state index contributed by atoms with van der Waals surface area (Å²) in [5, 5.41) is 3.41. The van der Waals surface area contributed by atoms with Crippen molar-refractivity contribution in [1.29, 1.82) is 0 Å². The zero-order valence-corrected chi connectivity index (χ0v) is 11.7. The average Bonchev–Trinajstić information content (AvgIpc) is 2.86. The number of nitrogens with one attached hydrogen (secondary N) is 1. The van der Waals surface area contributed by atoms with Crippen LogP contribution in [0.5, 0.6) is 0 Å². The summed E-state index contributed by atoms with van der Waals surface area (Å²) in [6.45, 7) is 7.73. The largest absolute Gasteiger partial charge is 0.339 e. The molecular weight excluding hydrogens is 224 g/mol. The van der Waals surface area contributed by atoms with E-state index >= 15 is 0 Å². The van der Waals surface area contributed by atoms with E-state index in [1.165, 1.54) is 25.7 Å². The molecule has 2 heterocycles. The minimum Gasteiger partial charge on any atom is -0.339 e. The monoisotopic (exact) mass is 250 g/mol. The Kier molecular flexibility index (Phi) is 3.13. The van der Waals surface area contributed by atoms with E-state index < -0.39 is 0 Å². The molecule has 0 aromatic heterocycles. The predicted octanol–water partition coefficient (Wildman–Crippen LogP) is 2.02. The molecule has 1 saturated carbocycles. The second kappa shape index (κ2) is 4.52. The molecule has 1 amide bonds. The summed E-state index contributed by atoms with van der Waals surface area (Å²) in [4.78, 5) is 14.9. The first-order chi connectivity index (χ1) is 8.64. The van der Waals surface area contributed by atoms with Crippen molar-refractivity contribution in [3.63, 3.8) is 0 Å². The number of nitrogens with zero attached hydrogens (tertiary/aromatic N) is 1. The molecule has 2 aliphatic heterocycles. The summed E-state index contributed by atoms with van der Waals surface area (Å²) < 4.78 is 0. The third kappa shape index (κ3) is 1.97. The molecule has 3 nitrogen and oxygen atoms in total. The summed E-state index contributed by atoms with van der Waals surface area (Å²) >= 11 is 0. The highest BCUT2D eigenvalue weighted by Gasteiger charge is 2.59. The van der Waals surface area contributed by atoms with Gasteiger partial charge in [0.25, 0.3) is 0 Å². The minimum atomic E-state index is 0.360. The maximum Gasteiger partial charge on any atom is 0.226 e. The van der Waals surface area contributed by atoms with Crippen molar-refractivity contribution >= 4 is 5.91 Å². The summed E-state index contributed by atoms with van der Waals surface area (Å²) in [7, 11) is 0. The lowest BCUT2D eigenvalue weighted by atomic mass is 9.91. The third-order valence-corrected chi connectivity index (χ3v) is 5.44. The lowest BCUT2D eigenvalue weighted by Gasteiger charge is -2.30. The highest BCUT2D eigenvalue weighted by molar-refractivity contribution is 5.83. The molecule has 3 aliphatic rings.